The molecule has 0 saturated heterocycles. The SMILES string of the molecule is COc1ccc(C(=O)N(Cc2ccc(F)cc2)Cc2ccc(C)o2)c(OC)c1. The van der Waals surface area contributed by atoms with E-state index in [2.05, 4.69) is 0 Å². The second-order valence-electron chi connectivity index (χ2n) is 6.37. The maximum absolute atomic E-state index is 13.3. The number of amides is 1. The first kappa shape index (κ1) is 19.5. The van der Waals surface area contributed by atoms with Gasteiger partial charge in [0.15, 0.2) is 0 Å². The van der Waals surface area contributed by atoms with Crippen LogP contribution in [0.3, 0.4) is 0 Å². The van der Waals surface area contributed by atoms with Crippen LogP contribution < -0.4 is 9.47 Å². The molecule has 0 bridgehead atoms. The maximum atomic E-state index is 13.3. The topological polar surface area (TPSA) is 51.9 Å². The van der Waals surface area contributed by atoms with Crippen LogP contribution >= 0.6 is 0 Å². The molecule has 1 heterocycles. The monoisotopic (exact) mass is 383 g/mol. The molecular formula is C22H22FNO4. The average Bonchev–Trinajstić information content (AvgIpc) is 3.12. The Bertz CT molecular complexity index is 949. The Hall–Kier alpha value is -3.28. The van der Waals surface area contributed by atoms with Gasteiger partial charge in [0.1, 0.15) is 28.8 Å². The van der Waals surface area contributed by atoms with Gasteiger partial charge in [0.25, 0.3) is 5.91 Å². The Balaban J connectivity index is 1.92. The largest absolute Gasteiger partial charge is 0.497 e. The third kappa shape index (κ3) is 4.52. The number of aryl methyl sites for hydroxylation is 1. The van der Waals surface area contributed by atoms with Crippen LogP contribution in [-0.4, -0.2) is 25.0 Å². The second-order valence-corrected chi connectivity index (χ2v) is 6.37. The summed E-state index contributed by atoms with van der Waals surface area (Å²) in [5.74, 6) is 1.91. The molecule has 2 aromatic carbocycles. The number of benzene rings is 2. The van der Waals surface area contributed by atoms with E-state index < -0.39 is 0 Å². The summed E-state index contributed by atoms with van der Waals surface area (Å²) in [6.45, 7) is 2.43. The summed E-state index contributed by atoms with van der Waals surface area (Å²) >= 11 is 0. The zero-order chi connectivity index (χ0) is 20.1. The minimum absolute atomic E-state index is 0.224. The van der Waals surface area contributed by atoms with Crippen molar-refractivity contribution >= 4 is 5.91 Å². The van der Waals surface area contributed by atoms with Gasteiger partial charge in [-0.05, 0) is 48.9 Å². The summed E-state index contributed by atoms with van der Waals surface area (Å²) in [5, 5.41) is 0. The first-order valence-electron chi connectivity index (χ1n) is 8.81. The molecule has 0 aliphatic heterocycles. The van der Waals surface area contributed by atoms with Crippen molar-refractivity contribution in [3.8, 4) is 11.5 Å². The Morgan fingerprint density at radius 2 is 1.75 bits per heavy atom. The number of carbonyl (C=O) groups excluding carboxylic acids is 1. The second kappa shape index (κ2) is 8.61. The van der Waals surface area contributed by atoms with E-state index in [0.717, 1.165) is 11.3 Å². The Morgan fingerprint density at radius 3 is 2.36 bits per heavy atom. The van der Waals surface area contributed by atoms with E-state index >= 15 is 0 Å². The van der Waals surface area contributed by atoms with E-state index in [-0.39, 0.29) is 18.3 Å². The van der Waals surface area contributed by atoms with Crippen LogP contribution in [0.2, 0.25) is 0 Å². The molecule has 146 valence electrons. The molecule has 0 fully saturated rings. The molecule has 0 aliphatic rings. The fourth-order valence-electron chi connectivity index (χ4n) is 2.91. The summed E-state index contributed by atoms with van der Waals surface area (Å²) in [7, 11) is 3.06. The first-order chi connectivity index (χ1) is 13.5. The van der Waals surface area contributed by atoms with Gasteiger partial charge in [-0.25, -0.2) is 4.39 Å². The third-order valence-corrected chi connectivity index (χ3v) is 4.36. The number of halogens is 1. The molecule has 0 radical (unpaired) electrons. The molecule has 3 rings (SSSR count). The van der Waals surface area contributed by atoms with Gasteiger partial charge in [-0.3, -0.25) is 4.79 Å². The lowest BCUT2D eigenvalue weighted by Gasteiger charge is -2.23. The highest BCUT2D eigenvalue weighted by molar-refractivity contribution is 5.97. The minimum atomic E-state index is -0.319. The molecule has 5 nitrogen and oxygen atoms in total. The van der Waals surface area contributed by atoms with Crippen LogP contribution in [0, 0.1) is 12.7 Å². The summed E-state index contributed by atoms with van der Waals surface area (Å²) in [4.78, 5) is 14.9. The molecule has 0 unspecified atom stereocenters. The minimum Gasteiger partial charge on any atom is -0.497 e. The van der Waals surface area contributed by atoms with E-state index in [4.69, 9.17) is 13.9 Å². The Morgan fingerprint density at radius 1 is 1.00 bits per heavy atom. The van der Waals surface area contributed by atoms with Crippen LogP contribution in [0.15, 0.2) is 59.0 Å². The molecule has 1 amide bonds. The predicted octanol–water partition coefficient (Wildman–Crippen LogP) is 4.59. The van der Waals surface area contributed by atoms with Gasteiger partial charge in [0, 0.05) is 12.6 Å². The molecule has 0 saturated carbocycles. The van der Waals surface area contributed by atoms with Gasteiger partial charge in [-0.2, -0.15) is 0 Å². The van der Waals surface area contributed by atoms with E-state index in [1.54, 1.807) is 42.3 Å². The lowest BCUT2D eigenvalue weighted by Crippen LogP contribution is -2.30. The number of hydrogen-bond donors (Lipinski definition) is 0. The number of hydrogen-bond acceptors (Lipinski definition) is 4. The summed E-state index contributed by atoms with van der Waals surface area (Å²) in [5.41, 5.74) is 1.22. The predicted molar refractivity (Wildman–Crippen MR) is 103 cm³/mol. The number of methoxy groups -OCH3 is 2. The molecule has 0 N–H and O–H groups in total. The number of furan rings is 1. The fraction of sp³-hybridized carbons (Fsp3) is 0.227. The highest BCUT2D eigenvalue weighted by Gasteiger charge is 2.22. The van der Waals surface area contributed by atoms with Crippen molar-refractivity contribution < 1.29 is 23.1 Å². The highest BCUT2D eigenvalue weighted by Crippen LogP contribution is 2.27. The maximum Gasteiger partial charge on any atom is 0.258 e. The fourth-order valence-corrected chi connectivity index (χ4v) is 2.91. The standard InChI is InChI=1S/C22H22FNO4/c1-15-4-9-19(28-15)14-24(13-16-5-7-17(23)8-6-16)22(25)20-11-10-18(26-2)12-21(20)27-3/h4-12H,13-14H2,1-3H3. The van der Waals surface area contributed by atoms with Crippen LogP contribution in [-0.2, 0) is 13.1 Å². The third-order valence-electron chi connectivity index (χ3n) is 4.36. The molecule has 28 heavy (non-hydrogen) atoms. The average molecular weight is 383 g/mol. The number of carbonyl (C=O) groups is 1. The lowest BCUT2D eigenvalue weighted by atomic mass is 10.1. The summed E-state index contributed by atoms with van der Waals surface area (Å²) < 4.78 is 29.5. The van der Waals surface area contributed by atoms with Crippen molar-refractivity contribution in [1.82, 2.24) is 4.90 Å². The van der Waals surface area contributed by atoms with Crippen molar-refractivity contribution in [2.24, 2.45) is 0 Å². The number of rotatable bonds is 7. The van der Waals surface area contributed by atoms with Crippen LogP contribution in [0.5, 0.6) is 11.5 Å². The van der Waals surface area contributed by atoms with Crippen LogP contribution in [0.4, 0.5) is 4.39 Å². The molecular weight excluding hydrogens is 361 g/mol. The van der Waals surface area contributed by atoms with Crippen molar-refractivity contribution in [3.05, 3.63) is 83.1 Å². The van der Waals surface area contributed by atoms with Crippen LogP contribution in [0.1, 0.15) is 27.4 Å². The van der Waals surface area contributed by atoms with Gasteiger partial charge in [-0.15, -0.1) is 0 Å². The number of ether oxygens (including phenoxy) is 2. The molecule has 3 aromatic rings. The van der Waals surface area contributed by atoms with Gasteiger partial charge in [-0.1, -0.05) is 12.1 Å². The van der Waals surface area contributed by atoms with Crippen LogP contribution in [0.25, 0.3) is 0 Å². The molecule has 1 aromatic heterocycles. The van der Waals surface area contributed by atoms with E-state index in [1.165, 1.54) is 19.2 Å². The highest BCUT2D eigenvalue weighted by atomic mass is 19.1. The van der Waals surface area contributed by atoms with Crippen molar-refractivity contribution in [1.29, 1.82) is 0 Å². The molecule has 0 aliphatic carbocycles. The van der Waals surface area contributed by atoms with E-state index in [1.807, 2.05) is 19.1 Å². The van der Waals surface area contributed by atoms with Crippen molar-refractivity contribution in [3.63, 3.8) is 0 Å². The first-order valence-corrected chi connectivity index (χ1v) is 8.81. The number of nitrogens with zero attached hydrogens (tertiary/aromatic N) is 1. The lowest BCUT2D eigenvalue weighted by molar-refractivity contribution is 0.0713. The quantitative estimate of drug-likeness (QED) is 0.599. The van der Waals surface area contributed by atoms with E-state index in [9.17, 15) is 9.18 Å². The zero-order valence-corrected chi connectivity index (χ0v) is 16.1. The van der Waals surface area contributed by atoms with E-state index in [0.29, 0.717) is 29.4 Å². The summed E-state index contributed by atoms with van der Waals surface area (Å²) in [6.07, 6.45) is 0. The smallest absolute Gasteiger partial charge is 0.258 e. The molecule has 6 heteroatoms. The molecule has 0 spiro atoms. The summed E-state index contributed by atoms with van der Waals surface area (Å²) in [6, 6.07) is 14.8. The van der Waals surface area contributed by atoms with Gasteiger partial charge in [0.2, 0.25) is 0 Å². The molecule has 0 atom stereocenters. The Labute approximate surface area is 163 Å². The van der Waals surface area contributed by atoms with Gasteiger partial charge < -0.3 is 18.8 Å². The Kier molecular flexibility index (Phi) is 5.99. The zero-order valence-electron chi connectivity index (χ0n) is 16.1. The van der Waals surface area contributed by atoms with Crippen molar-refractivity contribution in [2.75, 3.05) is 14.2 Å². The van der Waals surface area contributed by atoms with Gasteiger partial charge in [0.05, 0.1) is 26.3 Å². The van der Waals surface area contributed by atoms with Gasteiger partial charge >= 0.3 is 0 Å². The van der Waals surface area contributed by atoms with Crippen molar-refractivity contribution in [2.45, 2.75) is 20.0 Å². The normalized spacial score (nSPS) is 10.6.